The molecular weight excluding hydrogens is 470 g/mol. The number of carbonyl (C=O) groups excluding carboxylic acids is 3. The van der Waals surface area contributed by atoms with E-state index in [1.165, 1.54) is 6.07 Å². The minimum atomic E-state index is -0.996. The second kappa shape index (κ2) is 12.6. The minimum absolute atomic E-state index is 0.0325. The van der Waals surface area contributed by atoms with E-state index < -0.39 is 23.9 Å². The van der Waals surface area contributed by atoms with Gasteiger partial charge in [0.05, 0.1) is 18.6 Å². The van der Waals surface area contributed by atoms with Gasteiger partial charge in [-0.1, -0.05) is 0 Å². The van der Waals surface area contributed by atoms with Gasteiger partial charge >= 0.3 is 11.9 Å². The molecular formula is C24H31N5O7. The van der Waals surface area contributed by atoms with Crippen LogP contribution in [-0.4, -0.2) is 52.1 Å². The zero-order valence-corrected chi connectivity index (χ0v) is 20.3. The van der Waals surface area contributed by atoms with Crippen molar-refractivity contribution in [2.24, 2.45) is 0 Å². The minimum Gasteiger partial charge on any atom is -0.466 e. The smallest absolute Gasteiger partial charge is 0.328 e. The summed E-state index contributed by atoms with van der Waals surface area (Å²) >= 11 is 0. The molecule has 0 bridgehead atoms. The number of amides is 1. The molecule has 0 saturated carbocycles. The highest BCUT2D eigenvalue weighted by molar-refractivity contribution is 5.94. The van der Waals surface area contributed by atoms with Gasteiger partial charge in [0.2, 0.25) is 5.95 Å². The molecule has 0 saturated heterocycles. The van der Waals surface area contributed by atoms with Crippen LogP contribution in [0.2, 0.25) is 0 Å². The van der Waals surface area contributed by atoms with Crippen LogP contribution in [0.5, 0.6) is 0 Å². The number of fused-ring (bicyclic) bond motifs is 1. The molecule has 0 radical (unpaired) electrons. The van der Waals surface area contributed by atoms with Crippen molar-refractivity contribution in [1.29, 1.82) is 0 Å². The van der Waals surface area contributed by atoms with Gasteiger partial charge in [0.15, 0.2) is 5.76 Å². The third-order valence-corrected chi connectivity index (χ3v) is 5.39. The summed E-state index contributed by atoms with van der Waals surface area (Å²) in [7, 11) is 0. The van der Waals surface area contributed by atoms with E-state index in [-0.39, 0.29) is 43.3 Å². The maximum absolute atomic E-state index is 12.6. The molecule has 3 aromatic heterocycles. The number of nitrogens with zero attached hydrogens (tertiary/aromatic N) is 1. The number of aromatic amines is 2. The number of rotatable bonds is 13. The van der Waals surface area contributed by atoms with E-state index >= 15 is 0 Å². The molecule has 0 aliphatic carbocycles. The number of ether oxygens (including phenoxy) is 2. The second-order valence-corrected chi connectivity index (χ2v) is 8.10. The first-order valence-electron chi connectivity index (χ1n) is 11.9. The Morgan fingerprint density at radius 2 is 1.86 bits per heavy atom. The molecule has 194 valence electrons. The van der Waals surface area contributed by atoms with Crippen LogP contribution >= 0.6 is 0 Å². The summed E-state index contributed by atoms with van der Waals surface area (Å²) in [5.41, 5.74) is 6.62. The number of H-pyrrole nitrogens is 2. The number of nitrogens with one attached hydrogen (secondary N) is 3. The van der Waals surface area contributed by atoms with E-state index in [0.29, 0.717) is 29.6 Å². The van der Waals surface area contributed by atoms with Crippen LogP contribution in [0.25, 0.3) is 11.0 Å². The molecule has 0 spiro atoms. The highest BCUT2D eigenvalue weighted by atomic mass is 16.5. The Hall–Kier alpha value is -4.09. The van der Waals surface area contributed by atoms with Crippen molar-refractivity contribution in [3.63, 3.8) is 0 Å². The quantitative estimate of drug-likeness (QED) is 0.201. The Morgan fingerprint density at radius 3 is 2.61 bits per heavy atom. The summed E-state index contributed by atoms with van der Waals surface area (Å²) in [4.78, 5) is 58.1. The van der Waals surface area contributed by atoms with Crippen molar-refractivity contribution in [2.75, 3.05) is 18.9 Å². The maximum atomic E-state index is 12.6. The molecule has 3 heterocycles. The Balaban J connectivity index is 1.50. The molecule has 3 rings (SSSR count). The molecule has 1 atom stereocenters. The molecule has 36 heavy (non-hydrogen) atoms. The first-order chi connectivity index (χ1) is 17.3. The van der Waals surface area contributed by atoms with Gasteiger partial charge in [0.1, 0.15) is 17.4 Å². The Bertz CT molecular complexity index is 1260. The fourth-order valence-electron chi connectivity index (χ4n) is 3.69. The van der Waals surface area contributed by atoms with E-state index in [0.717, 1.165) is 18.5 Å². The summed E-state index contributed by atoms with van der Waals surface area (Å²) in [5.74, 6) is -0.903. The number of esters is 2. The van der Waals surface area contributed by atoms with Crippen molar-refractivity contribution in [2.45, 2.75) is 58.4 Å². The lowest BCUT2D eigenvalue weighted by atomic mass is 10.1. The highest BCUT2D eigenvalue weighted by Gasteiger charge is 2.25. The fourth-order valence-corrected chi connectivity index (χ4v) is 3.69. The van der Waals surface area contributed by atoms with E-state index in [1.807, 2.05) is 0 Å². The average Bonchev–Trinajstić information content (AvgIpc) is 3.47. The lowest BCUT2D eigenvalue weighted by Crippen LogP contribution is -2.42. The first-order valence-corrected chi connectivity index (χ1v) is 11.9. The molecule has 0 aliphatic heterocycles. The number of anilines is 1. The SMILES string of the molecule is CCOC(=O)CC[C@H](NC(=O)c1ccc(CCCCc2cc3c(=O)[nH]c(N)nc3[nH]2)o1)C(=O)OCC. The normalized spacial score (nSPS) is 11.8. The summed E-state index contributed by atoms with van der Waals surface area (Å²) < 4.78 is 15.5. The monoisotopic (exact) mass is 501 g/mol. The van der Waals surface area contributed by atoms with Gasteiger partial charge < -0.3 is 29.9 Å². The van der Waals surface area contributed by atoms with E-state index in [4.69, 9.17) is 19.6 Å². The van der Waals surface area contributed by atoms with Crippen molar-refractivity contribution < 1.29 is 28.3 Å². The number of hydrogen-bond donors (Lipinski definition) is 4. The van der Waals surface area contributed by atoms with Crippen molar-refractivity contribution in [3.8, 4) is 0 Å². The zero-order chi connectivity index (χ0) is 26.1. The molecule has 5 N–H and O–H groups in total. The van der Waals surface area contributed by atoms with Crippen LogP contribution in [-0.2, 0) is 31.9 Å². The zero-order valence-electron chi connectivity index (χ0n) is 20.3. The number of nitrogens with two attached hydrogens (primary N) is 1. The molecule has 0 aromatic carbocycles. The van der Waals surface area contributed by atoms with Gasteiger partial charge in [-0.25, -0.2) is 4.79 Å². The van der Waals surface area contributed by atoms with Crippen LogP contribution in [0.4, 0.5) is 5.95 Å². The van der Waals surface area contributed by atoms with Crippen molar-refractivity contribution >= 4 is 34.8 Å². The first kappa shape index (κ1) is 26.5. The predicted molar refractivity (Wildman–Crippen MR) is 130 cm³/mol. The van der Waals surface area contributed by atoms with Crippen LogP contribution in [0.1, 0.15) is 61.5 Å². The summed E-state index contributed by atoms with van der Waals surface area (Å²) in [5, 5.41) is 3.04. The van der Waals surface area contributed by atoms with Crippen LogP contribution in [0.3, 0.4) is 0 Å². The summed E-state index contributed by atoms with van der Waals surface area (Å²) in [6.45, 7) is 3.73. The largest absolute Gasteiger partial charge is 0.466 e. The van der Waals surface area contributed by atoms with Crippen molar-refractivity contribution in [1.82, 2.24) is 20.3 Å². The number of unbranched alkanes of at least 4 members (excludes halogenated alkanes) is 1. The predicted octanol–water partition coefficient (Wildman–Crippen LogP) is 2.00. The number of carbonyl (C=O) groups is 3. The standard InChI is InChI=1S/C24H31N5O7/c1-3-34-19(30)12-10-17(23(33)35-4-2)27-22(32)18-11-9-15(36-18)8-6-5-7-14-13-16-20(26-14)28-24(25)29-21(16)31/h9,11,13,17H,3-8,10,12H2,1-2H3,(H,27,32)(H4,25,26,28,29,31)/t17-/m0/s1. The van der Waals surface area contributed by atoms with E-state index in [9.17, 15) is 19.2 Å². The number of nitrogen functional groups attached to an aromatic ring is 1. The third-order valence-electron chi connectivity index (χ3n) is 5.39. The molecule has 0 aliphatic rings. The molecule has 12 nitrogen and oxygen atoms in total. The number of furan rings is 1. The lowest BCUT2D eigenvalue weighted by molar-refractivity contribution is -0.146. The van der Waals surface area contributed by atoms with Crippen LogP contribution < -0.4 is 16.6 Å². The van der Waals surface area contributed by atoms with Gasteiger partial charge in [-0.3, -0.25) is 19.4 Å². The number of aryl methyl sites for hydroxylation is 2. The number of hydrogen-bond acceptors (Lipinski definition) is 9. The maximum Gasteiger partial charge on any atom is 0.328 e. The summed E-state index contributed by atoms with van der Waals surface area (Å²) in [6.07, 6.45) is 2.91. The van der Waals surface area contributed by atoms with Gasteiger partial charge in [-0.15, -0.1) is 0 Å². The topological polar surface area (TPSA) is 182 Å². The molecule has 0 fully saturated rings. The van der Waals surface area contributed by atoms with Gasteiger partial charge in [0.25, 0.3) is 11.5 Å². The van der Waals surface area contributed by atoms with Crippen LogP contribution in [0, 0.1) is 0 Å². The highest BCUT2D eigenvalue weighted by Crippen LogP contribution is 2.15. The van der Waals surface area contributed by atoms with E-state index in [1.54, 1.807) is 26.0 Å². The molecule has 12 heteroatoms. The Morgan fingerprint density at radius 1 is 1.11 bits per heavy atom. The molecule has 0 unspecified atom stereocenters. The average molecular weight is 502 g/mol. The summed E-state index contributed by atoms with van der Waals surface area (Å²) in [6, 6.07) is 4.02. The Labute approximate surface area is 206 Å². The van der Waals surface area contributed by atoms with Crippen molar-refractivity contribution in [3.05, 3.63) is 45.8 Å². The van der Waals surface area contributed by atoms with Gasteiger partial charge in [-0.2, -0.15) is 4.98 Å². The molecule has 3 aromatic rings. The molecule has 1 amide bonds. The van der Waals surface area contributed by atoms with E-state index in [2.05, 4.69) is 20.3 Å². The fraction of sp³-hybridized carbons (Fsp3) is 0.458. The van der Waals surface area contributed by atoms with Gasteiger partial charge in [0, 0.05) is 18.5 Å². The van der Waals surface area contributed by atoms with Crippen LogP contribution in [0.15, 0.2) is 27.4 Å². The number of aromatic nitrogens is 3. The lowest BCUT2D eigenvalue weighted by Gasteiger charge is -2.16. The van der Waals surface area contributed by atoms with Gasteiger partial charge in [-0.05, 0) is 57.7 Å². The third kappa shape index (κ3) is 7.20. The Kier molecular flexibility index (Phi) is 9.25. The second-order valence-electron chi connectivity index (χ2n) is 8.10.